The van der Waals surface area contributed by atoms with Crippen LogP contribution in [0, 0.1) is 0 Å². The molecule has 10 heteroatoms. The van der Waals surface area contributed by atoms with Crippen molar-refractivity contribution >= 4 is 19.8 Å². The highest BCUT2D eigenvalue weighted by Crippen LogP contribution is 2.38. The number of unbranched alkanes of at least 4 members (excludes halogenated alkanes) is 31. The lowest BCUT2D eigenvalue weighted by atomic mass is 10.0. The van der Waals surface area contributed by atoms with Crippen molar-refractivity contribution in [2.24, 2.45) is 0 Å². The smallest absolute Gasteiger partial charge is 0.306 e. The number of quaternary nitrogens is 1. The van der Waals surface area contributed by atoms with Crippen LogP contribution in [-0.2, 0) is 32.7 Å². The Balaban J connectivity index is 4.00. The number of ether oxygens (including phenoxy) is 2. The summed E-state index contributed by atoms with van der Waals surface area (Å²) >= 11 is 0. The summed E-state index contributed by atoms with van der Waals surface area (Å²) in [4.78, 5) is 38.0. The molecule has 2 unspecified atom stereocenters. The third kappa shape index (κ3) is 67.8. The van der Waals surface area contributed by atoms with Gasteiger partial charge >= 0.3 is 11.9 Å². The molecule has 0 aliphatic rings. The molecule has 0 saturated heterocycles. The van der Waals surface area contributed by atoms with Gasteiger partial charge in [0.1, 0.15) is 19.8 Å². The first-order valence-electron chi connectivity index (χ1n) is 34.6. The van der Waals surface area contributed by atoms with Gasteiger partial charge in [-0.3, -0.25) is 14.2 Å². The Labute approximate surface area is 518 Å². The molecule has 0 amide bonds. The molecule has 0 radical (unpaired) electrons. The van der Waals surface area contributed by atoms with Crippen LogP contribution < -0.4 is 4.89 Å². The highest BCUT2D eigenvalue weighted by Gasteiger charge is 2.22. The van der Waals surface area contributed by atoms with Crippen molar-refractivity contribution in [3.8, 4) is 0 Å². The van der Waals surface area contributed by atoms with Gasteiger partial charge in [-0.1, -0.05) is 290 Å². The summed E-state index contributed by atoms with van der Waals surface area (Å²) in [7, 11) is 1.13. The van der Waals surface area contributed by atoms with Crippen LogP contribution in [0.4, 0.5) is 0 Å². The molecule has 0 N–H and O–H groups in total. The zero-order chi connectivity index (χ0) is 61.2. The van der Waals surface area contributed by atoms with Gasteiger partial charge in [-0.25, -0.2) is 0 Å². The fourth-order valence-corrected chi connectivity index (χ4v) is 10.2. The third-order valence-electron chi connectivity index (χ3n) is 14.8. The third-order valence-corrected chi connectivity index (χ3v) is 15.7. The van der Waals surface area contributed by atoms with E-state index in [1.807, 2.05) is 21.1 Å². The van der Waals surface area contributed by atoms with Crippen LogP contribution in [0.5, 0.6) is 0 Å². The number of likely N-dealkylation sites (N-methyl/N-ethyl adjacent to an activating group) is 1. The first-order chi connectivity index (χ1) is 41.0. The van der Waals surface area contributed by atoms with E-state index in [-0.39, 0.29) is 26.1 Å². The topological polar surface area (TPSA) is 111 Å². The number of carbonyl (C=O) groups excluding carboxylic acids is 2. The number of allylic oxidation sites excluding steroid dienone is 18. The van der Waals surface area contributed by atoms with Gasteiger partial charge in [0.05, 0.1) is 27.7 Å². The number of phosphoric ester groups is 1. The lowest BCUT2D eigenvalue weighted by Crippen LogP contribution is -2.37. The average molecular weight is 1190 g/mol. The lowest BCUT2D eigenvalue weighted by Gasteiger charge is -2.28. The van der Waals surface area contributed by atoms with E-state index in [1.165, 1.54) is 180 Å². The molecule has 84 heavy (non-hydrogen) atoms. The van der Waals surface area contributed by atoms with E-state index in [0.717, 1.165) is 83.5 Å². The Bertz CT molecular complexity index is 1790. The molecule has 0 spiro atoms. The van der Waals surface area contributed by atoms with E-state index in [4.69, 9.17) is 18.5 Å². The van der Waals surface area contributed by atoms with Crippen LogP contribution in [0.15, 0.2) is 109 Å². The van der Waals surface area contributed by atoms with Crippen molar-refractivity contribution in [2.75, 3.05) is 47.5 Å². The molecule has 0 aliphatic carbocycles. The predicted octanol–water partition coefficient (Wildman–Crippen LogP) is 21.9. The quantitative estimate of drug-likeness (QED) is 0.0195. The number of rotatable bonds is 63. The van der Waals surface area contributed by atoms with E-state index in [2.05, 4.69) is 123 Å². The minimum Gasteiger partial charge on any atom is -0.756 e. The molecule has 0 aromatic carbocycles. The van der Waals surface area contributed by atoms with Crippen LogP contribution in [0.2, 0.25) is 0 Å². The van der Waals surface area contributed by atoms with Crippen LogP contribution >= 0.6 is 7.82 Å². The largest absolute Gasteiger partial charge is 0.756 e. The molecule has 0 heterocycles. The zero-order valence-electron chi connectivity index (χ0n) is 55.1. The second-order valence-corrected chi connectivity index (χ2v) is 25.6. The fraction of sp³-hybridized carbons (Fsp3) is 0.730. The van der Waals surface area contributed by atoms with Crippen LogP contribution in [-0.4, -0.2) is 70.0 Å². The molecule has 0 fully saturated rings. The van der Waals surface area contributed by atoms with Gasteiger partial charge in [0.2, 0.25) is 0 Å². The van der Waals surface area contributed by atoms with Crippen molar-refractivity contribution in [2.45, 2.75) is 302 Å². The molecule has 2 atom stereocenters. The summed E-state index contributed by atoms with van der Waals surface area (Å²) < 4.78 is 34.2. The maximum atomic E-state index is 12.8. The Morgan fingerprint density at radius 3 is 1.04 bits per heavy atom. The fourth-order valence-electron chi connectivity index (χ4n) is 9.49. The Morgan fingerprint density at radius 1 is 0.381 bits per heavy atom. The number of carbonyl (C=O) groups is 2. The van der Waals surface area contributed by atoms with Crippen molar-refractivity contribution in [3.05, 3.63) is 109 Å². The Kier molecular flexibility index (Phi) is 61.6. The van der Waals surface area contributed by atoms with Crippen LogP contribution in [0.3, 0.4) is 0 Å². The number of hydrogen-bond donors (Lipinski definition) is 0. The van der Waals surface area contributed by atoms with E-state index in [9.17, 15) is 19.0 Å². The minimum absolute atomic E-state index is 0.0433. The molecular weight excluding hydrogens is 1060 g/mol. The Hall–Kier alpha value is -3.33. The average Bonchev–Trinajstić information content (AvgIpc) is 3.61. The van der Waals surface area contributed by atoms with Gasteiger partial charge in [0.15, 0.2) is 6.10 Å². The first kappa shape index (κ1) is 80.7. The summed E-state index contributed by atoms with van der Waals surface area (Å²) in [5.74, 6) is -0.881. The number of hydrogen-bond acceptors (Lipinski definition) is 8. The van der Waals surface area contributed by atoms with E-state index in [0.29, 0.717) is 17.4 Å². The Morgan fingerprint density at radius 2 is 0.679 bits per heavy atom. The van der Waals surface area contributed by atoms with Gasteiger partial charge in [0, 0.05) is 12.8 Å². The van der Waals surface area contributed by atoms with E-state index >= 15 is 0 Å². The first-order valence-corrected chi connectivity index (χ1v) is 36.1. The van der Waals surface area contributed by atoms with E-state index < -0.39 is 32.5 Å². The second-order valence-electron chi connectivity index (χ2n) is 24.2. The summed E-state index contributed by atoms with van der Waals surface area (Å²) in [6.45, 7) is 4.08. The maximum absolute atomic E-state index is 12.8. The van der Waals surface area contributed by atoms with Gasteiger partial charge in [-0.15, -0.1) is 0 Å². The summed E-state index contributed by atoms with van der Waals surface area (Å²) in [6.07, 6.45) is 90.5. The molecule has 0 aliphatic heterocycles. The van der Waals surface area contributed by atoms with Crippen LogP contribution in [0.25, 0.3) is 0 Å². The minimum atomic E-state index is -4.66. The van der Waals surface area contributed by atoms with Gasteiger partial charge in [-0.2, -0.15) is 0 Å². The summed E-state index contributed by atoms with van der Waals surface area (Å²) in [6, 6.07) is 0. The van der Waals surface area contributed by atoms with Crippen LogP contribution in [0.1, 0.15) is 296 Å². The monoisotopic (exact) mass is 1190 g/mol. The molecule has 0 aromatic rings. The van der Waals surface area contributed by atoms with Crippen molar-refractivity contribution in [1.29, 1.82) is 0 Å². The van der Waals surface area contributed by atoms with Crippen molar-refractivity contribution in [3.63, 3.8) is 0 Å². The normalized spacial score (nSPS) is 13.8. The highest BCUT2D eigenvalue weighted by molar-refractivity contribution is 7.45. The number of esters is 2. The molecule has 0 bridgehead atoms. The maximum Gasteiger partial charge on any atom is 0.306 e. The standard InChI is InChI=1S/C74H130NO8P/c1-6-8-10-12-14-16-18-20-22-24-26-28-29-30-31-32-33-34-35-36-37-38-39-40-41-42-43-44-45-47-48-50-52-54-56-58-60-62-64-66-73(76)80-70-72(71-82-84(78,79)81-69-68-75(3,4)5)83-74(77)67-65-63-61-59-57-55-53-51-49-46-27-25-23-21-19-17-15-13-11-9-7-2/h9,11,15,17-18,20-21,23-24,26-27,29-30,46,51,53,57,59,72H,6-8,10,12-14,16,19,22,25,28,31-45,47-50,52,54-56,58,60-71H2,1-5H3/b11-9-,17-15-,20-18-,23-21-,26-24-,30-29-,46-27-,53-51-,59-57-. The number of nitrogens with zero attached hydrogens (tertiary/aromatic N) is 1. The number of phosphoric acid groups is 1. The molecular formula is C74H130NO8P. The summed E-state index contributed by atoms with van der Waals surface area (Å²) in [5.41, 5.74) is 0. The molecule has 0 rings (SSSR count). The van der Waals surface area contributed by atoms with Gasteiger partial charge < -0.3 is 27.9 Å². The van der Waals surface area contributed by atoms with Gasteiger partial charge in [0.25, 0.3) is 7.82 Å². The summed E-state index contributed by atoms with van der Waals surface area (Å²) in [5, 5.41) is 0. The molecule has 484 valence electrons. The highest BCUT2D eigenvalue weighted by atomic mass is 31.2. The van der Waals surface area contributed by atoms with Crippen molar-refractivity contribution in [1.82, 2.24) is 0 Å². The predicted molar refractivity (Wildman–Crippen MR) is 360 cm³/mol. The van der Waals surface area contributed by atoms with Gasteiger partial charge in [-0.05, 0) is 103 Å². The SMILES string of the molecule is CC/C=C\C/C=C\C/C=C\C/C=C\C/C=C\C/C=C\CCCCC(=O)OC(COC(=O)CCCCCCCCCCCCCCCCCCCCCCCCCC/C=C\C/C=C\C/C=C\CCCCCCC)COP(=O)([O-])OCC[N+](C)(C)C. The molecule has 0 aromatic heterocycles. The van der Waals surface area contributed by atoms with Crippen molar-refractivity contribution < 1.29 is 42.1 Å². The molecule has 0 saturated carbocycles. The molecule has 9 nitrogen and oxygen atoms in total. The lowest BCUT2D eigenvalue weighted by molar-refractivity contribution is -0.870. The van der Waals surface area contributed by atoms with E-state index in [1.54, 1.807) is 0 Å². The second kappa shape index (κ2) is 64.2. The zero-order valence-corrected chi connectivity index (χ0v) is 56.0.